The van der Waals surface area contributed by atoms with Crippen LogP contribution in [-0.2, 0) is 11.3 Å². The molecule has 0 radical (unpaired) electrons. The van der Waals surface area contributed by atoms with Gasteiger partial charge in [0.2, 0.25) is 0 Å². The number of H-pyrrole nitrogens is 1. The summed E-state index contributed by atoms with van der Waals surface area (Å²) in [4.78, 5) is 7.70. The second-order valence-electron chi connectivity index (χ2n) is 3.59. The molecule has 1 aromatic heterocycles. The van der Waals surface area contributed by atoms with Gasteiger partial charge in [-0.15, -0.1) is 0 Å². The third kappa shape index (κ3) is 1.51. The number of imidazole rings is 1. The molecule has 0 aliphatic heterocycles. The Labute approximate surface area is 83.1 Å². The standard InChI is InChI=1S/C11H14N2O/c1-7-4-8(2)11-9(5-7)12-10(13-11)6-14-3/h4-5H,6H2,1-3H3,(H,12,13). The maximum Gasteiger partial charge on any atom is 0.133 e. The molecule has 3 nitrogen and oxygen atoms in total. The van der Waals surface area contributed by atoms with E-state index in [9.17, 15) is 0 Å². The molecule has 0 fully saturated rings. The van der Waals surface area contributed by atoms with Crippen molar-refractivity contribution in [2.24, 2.45) is 0 Å². The number of nitrogens with one attached hydrogen (secondary N) is 1. The van der Waals surface area contributed by atoms with Crippen LogP contribution < -0.4 is 0 Å². The first-order valence-corrected chi connectivity index (χ1v) is 4.65. The van der Waals surface area contributed by atoms with E-state index in [1.165, 1.54) is 11.1 Å². The lowest BCUT2D eigenvalue weighted by Gasteiger charge is -1.96. The number of benzene rings is 1. The summed E-state index contributed by atoms with van der Waals surface area (Å²) in [7, 11) is 1.67. The molecule has 3 heteroatoms. The van der Waals surface area contributed by atoms with Crippen LogP contribution in [0.2, 0.25) is 0 Å². The minimum atomic E-state index is 0.535. The van der Waals surface area contributed by atoms with Crippen molar-refractivity contribution in [3.63, 3.8) is 0 Å². The van der Waals surface area contributed by atoms with Crippen LogP contribution in [0.4, 0.5) is 0 Å². The normalized spacial score (nSPS) is 11.1. The molecule has 0 atom stereocenters. The Balaban J connectivity index is 2.58. The van der Waals surface area contributed by atoms with Gasteiger partial charge in [0.25, 0.3) is 0 Å². The number of hydrogen-bond acceptors (Lipinski definition) is 2. The molecular weight excluding hydrogens is 176 g/mol. The first-order chi connectivity index (χ1) is 6.70. The molecule has 0 saturated carbocycles. The smallest absolute Gasteiger partial charge is 0.133 e. The number of nitrogens with zero attached hydrogens (tertiary/aromatic N) is 1. The fourth-order valence-corrected chi connectivity index (χ4v) is 1.73. The molecular formula is C11H14N2O. The van der Waals surface area contributed by atoms with Crippen molar-refractivity contribution in [1.82, 2.24) is 9.97 Å². The van der Waals surface area contributed by atoms with Crippen LogP contribution in [0, 0.1) is 13.8 Å². The Morgan fingerprint density at radius 2 is 2.14 bits per heavy atom. The van der Waals surface area contributed by atoms with E-state index in [4.69, 9.17) is 4.74 Å². The number of aryl methyl sites for hydroxylation is 2. The highest BCUT2D eigenvalue weighted by Crippen LogP contribution is 2.18. The van der Waals surface area contributed by atoms with Gasteiger partial charge in [0, 0.05) is 7.11 Å². The van der Waals surface area contributed by atoms with E-state index in [1.807, 2.05) is 0 Å². The Kier molecular flexibility index (Phi) is 2.25. The number of rotatable bonds is 2. The maximum absolute atomic E-state index is 5.03. The van der Waals surface area contributed by atoms with Crippen LogP contribution in [-0.4, -0.2) is 17.1 Å². The third-order valence-corrected chi connectivity index (χ3v) is 2.25. The molecule has 2 aromatic rings. The van der Waals surface area contributed by atoms with Gasteiger partial charge in [-0.05, 0) is 31.0 Å². The fraction of sp³-hybridized carbons (Fsp3) is 0.364. The number of methoxy groups -OCH3 is 1. The summed E-state index contributed by atoms with van der Waals surface area (Å²) >= 11 is 0. The highest BCUT2D eigenvalue weighted by Gasteiger charge is 2.05. The zero-order chi connectivity index (χ0) is 10.1. The zero-order valence-corrected chi connectivity index (χ0v) is 8.72. The zero-order valence-electron chi connectivity index (χ0n) is 8.72. The number of ether oxygens (including phenoxy) is 1. The van der Waals surface area contributed by atoms with Crippen LogP contribution >= 0.6 is 0 Å². The lowest BCUT2D eigenvalue weighted by molar-refractivity contribution is 0.179. The Hall–Kier alpha value is -1.35. The average Bonchev–Trinajstić information content (AvgIpc) is 2.48. The van der Waals surface area contributed by atoms with Gasteiger partial charge in [0.1, 0.15) is 12.4 Å². The predicted octanol–water partition coefficient (Wildman–Crippen LogP) is 2.33. The quantitative estimate of drug-likeness (QED) is 0.789. The van der Waals surface area contributed by atoms with Gasteiger partial charge in [0.05, 0.1) is 11.0 Å². The molecule has 74 valence electrons. The largest absolute Gasteiger partial charge is 0.377 e. The van der Waals surface area contributed by atoms with Crippen LogP contribution in [0.3, 0.4) is 0 Å². The molecule has 0 amide bonds. The lowest BCUT2D eigenvalue weighted by atomic mass is 10.1. The van der Waals surface area contributed by atoms with Gasteiger partial charge in [0.15, 0.2) is 0 Å². The van der Waals surface area contributed by atoms with Crippen molar-refractivity contribution in [2.75, 3.05) is 7.11 Å². The Morgan fingerprint density at radius 1 is 1.36 bits per heavy atom. The molecule has 0 saturated heterocycles. The second-order valence-corrected chi connectivity index (χ2v) is 3.59. The topological polar surface area (TPSA) is 37.9 Å². The van der Waals surface area contributed by atoms with E-state index >= 15 is 0 Å². The van der Waals surface area contributed by atoms with Crippen LogP contribution in [0.15, 0.2) is 12.1 Å². The van der Waals surface area contributed by atoms with Gasteiger partial charge >= 0.3 is 0 Å². The first-order valence-electron chi connectivity index (χ1n) is 4.65. The minimum Gasteiger partial charge on any atom is -0.377 e. The summed E-state index contributed by atoms with van der Waals surface area (Å²) in [6, 6.07) is 4.24. The van der Waals surface area contributed by atoms with E-state index in [0.717, 1.165) is 16.9 Å². The third-order valence-electron chi connectivity index (χ3n) is 2.25. The molecule has 1 heterocycles. The maximum atomic E-state index is 5.03. The molecule has 0 spiro atoms. The number of aromatic nitrogens is 2. The van der Waals surface area contributed by atoms with Crippen molar-refractivity contribution in [3.8, 4) is 0 Å². The summed E-state index contributed by atoms with van der Waals surface area (Å²) in [5.74, 6) is 0.885. The Bertz CT molecular complexity index is 460. The summed E-state index contributed by atoms with van der Waals surface area (Å²) < 4.78 is 5.03. The highest BCUT2D eigenvalue weighted by atomic mass is 16.5. The molecule has 1 aromatic carbocycles. The van der Waals surface area contributed by atoms with E-state index < -0.39 is 0 Å². The molecule has 0 aliphatic carbocycles. The van der Waals surface area contributed by atoms with Gasteiger partial charge in [-0.3, -0.25) is 0 Å². The Morgan fingerprint density at radius 3 is 2.86 bits per heavy atom. The van der Waals surface area contributed by atoms with Crippen LogP contribution in [0.25, 0.3) is 11.0 Å². The van der Waals surface area contributed by atoms with Crippen molar-refractivity contribution in [3.05, 3.63) is 29.1 Å². The summed E-state index contributed by atoms with van der Waals surface area (Å²) in [5, 5.41) is 0. The predicted molar refractivity (Wildman–Crippen MR) is 56.3 cm³/mol. The number of hydrogen-bond donors (Lipinski definition) is 1. The molecule has 14 heavy (non-hydrogen) atoms. The van der Waals surface area contributed by atoms with Gasteiger partial charge in [-0.25, -0.2) is 4.98 Å². The summed E-state index contributed by atoms with van der Waals surface area (Å²) in [5.41, 5.74) is 4.60. The van der Waals surface area contributed by atoms with E-state index in [0.29, 0.717) is 6.61 Å². The van der Waals surface area contributed by atoms with Crippen molar-refractivity contribution >= 4 is 11.0 Å². The SMILES string of the molecule is COCc1nc2c(C)cc(C)cc2[nH]1. The number of fused-ring (bicyclic) bond motifs is 1. The van der Waals surface area contributed by atoms with Crippen LogP contribution in [0.1, 0.15) is 17.0 Å². The monoisotopic (exact) mass is 190 g/mol. The molecule has 2 rings (SSSR count). The fourth-order valence-electron chi connectivity index (χ4n) is 1.73. The molecule has 0 bridgehead atoms. The first kappa shape index (κ1) is 9.21. The molecule has 1 N–H and O–H groups in total. The van der Waals surface area contributed by atoms with Crippen LogP contribution in [0.5, 0.6) is 0 Å². The lowest BCUT2D eigenvalue weighted by Crippen LogP contribution is -1.88. The summed E-state index contributed by atoms with van der Waals surface area (Å²) in [6.45, 7) is 4.70. The van der Waals surface area contributed by atoms with Gasteiger partial charge < -0.3 is 9.72 Å². The molecule has 0 unspecified atom stereocenters. The summed E-state index contributed by atoms with van der Waals surface area (Å²) in [6.07, 6.45) is 0. The second kappa shape index (κ2) is 3.42. The molecule has 0 aliphatic rings. The van der Waals surface area contributed by atoms with E-state index in [2.05, 4.69) is 35.9 Å². The van der Waals surface area contributed by atoms with Gasteiger partial charge in [-0.1, -0.05) is 6.07 Å². The van der Waals surface area contributed by atoms with E-state index in [1.54, 1.807) is 7.11 Å². The minimum absolute atomic E-state index is 0.535. The number of aromatic amines is 1. The average molecular weight is 190 g/mol. The highest BCUT2D eigenvalue weighted by molar-refractivity contribution is 5.79. The van der Waals surface area contributed by atoms with Crippen molar-refractivity contribution < 1.29 is 4.74 Å². The van der Waals surface area contributed by atoms with Crippen molar-refractivity contribution in [1.29, 1.82) is 0 Å². The van der Waals surface area contributed by atoms with Gasteiger partial charge in [-0.2, -0.15) is 0 Å². The van der Waals surface area contributed by atoms with E-state index in [-0.39, 0.29) is 0 Å². The van der Waals surface area contributed by atoms with Crippen molar-refractivity contribution in [2.45, 2.75) is 20.5 Å².